The molecule has 1 N–H and O–H groups in total. The molecule has 0 unspecified atom stereocenters. The number of aryl methyl sites for hydroxylation is 1. The number of nitrogens with zero attached hydrogens (tertiary/aromatic N) is 3. The summed E-state index contributed by atoms with van der Waals surface area (Å²) >= 11 is 0. The lowest BCUT2D eigenvalue weighted by Gasteiger charge is -2.25. The molecular formula is C13H20N4O2. The lowest BCUT2D eigenvalue weighted by Crippen LogP contribution is -2.34. The monoisotopic (exact) mass is 264 g/mol. The summed E-state index contributed by atoms with van der Waals surface area (Å²) in [4.78, 5) is 25.4. The first-order chi connectivity index (χ1) is 9.24. The highest BCUT2D eigenvalue weighted by molar-refractivity contribution is 5.75. The van der Waals surface area contributed by atoms with Crippen molar-refractivity contribution in [2.75, 3.05) is 19.7 Å². The summed E-state index contributed by atoms with van der Waals surface area (Å²) in [6, 6.07) is 0. The highest BCUT2D eigenvalue weighted by Gasteiger charge is 2.12. The first-order valence-electron chi connectivity index (χ1n) is 6.66. The molecule has 6 heteroatoms. The molecular weight excluding hydrogens is 244 g/mol. The van der Waals surface area contributed by atoms with Crippen LogP contribution in [0.4, 0.5) is 0 Å². The quantitative estimate of drug-likeness (QED) is 0.852. The fourth-order valence-corrected chi connectivity index (χ4v) is 1.84. The Morgan fingerprint density at radius 3 is 3.00 bits per heavy atom. The van der Waals surface area contributed by atoms with Crippen molar-refractivity contribution in [3.63, 3.8) is 0 Å². The average Bonchev–Trinajstić information content (AvgIpc) is 2.45. The van der Waals surface area contributed by atoms with Crippen LogP contribution in [0.1, 0.15) is 30.7 Å². The molecule has 0 saturated carbocycles. The van der Waals surface area contributed by atoms with Crippen molar-refractivity contribution < 1.29 is 9.63 Å². The maximum Gasteiger partial charge on any atom is 0.221 e. The summed E-state index contributed by atoms with van der Waals surface area (Å²) in [6.45, 7) is 4.63. The molecule has 0 atom stereocenters. The standard InChI is InChI=1S/C13H20N4O2/c1-11-8-15-12(9-14-11)10-16-13(18)4-6-17-5-2-3-7-19-17/h8-9H,2-7,10H2,1H3,(H,16,18). The lowest BCUT2D eigenvalue weighted by molar-refractivity contribution is -0.181. The van der Waals surface area contributed by atoms with E-state index in [0.717, 1.165) is 37.4 Å². The Morgan fingerprint density at radius 2 is 2.32 bits per heavy atom. The Hall–Kier alpha value is -1.53. The highest BCUT2D eigenvalue weighted by Crippen LogP contribution is 2.05. The van der Waals surface area contributed by atoms with Crippen LogP contribution in [0.2, 0.25) is 0 Å². The van der Waals surface area contributed by atoms with E-state index in [9.17, 15) is 4.79 Å². The van der Waals surface area contributed by atoms with Crippen LogP contribution >= 0.6 is 0 Å². The van der Waals surface area contributed by atoms with Crippen LogP contribution in [0.15, 0.2) is 12.4 Å². The van der Waals surface area contributed by atoms with Crippen molar-refractivity contribution in [1.29, 1.82) is 0 Å². The minimum Gasteiger partial charge on any atom is -0.350 e. The third-order valence-electron chi connectivity index (χ3n) is 2.97. The van der Waals surface area contributed by atoms with E-state index in [1.54, 1.807) is 12.4 Å². The fourth-order valence-electron chi connectivity index (χ4n) is 1.84. The van der Waals surface area contributed by atoms with Crippen molar-refractivity contribution in [1.82, 2.24) is 20.3 Å². The maximum atomic E-state index is 11.7. The van der Waals surface area contributed by atoms with Crippen molar-refractivity contribution >= 4 is 5.91 Å². The molecule has 1 fully saturated rings. The molecule has 6 nitrogen and oxygen atoms in total. The predicted molar refractivity (Wildman–Crippen MR) is 70.0 cm³/mol. The van der Waals surface area contributed by atoms with E-state index in [2.05, 4.69) is 15.3 Å². The largest absolute Gasteiger partial charge is 0.350 e. The Labute approximate surface area is 113 Å². The number of rotatable bonds is 5. The Kier molecular flexibility index (Phi) is 5.23. The number of aromatic nitrogens is 2. The molecule has 0 spiro atoms. The molecule has 1 aliphatic heterocycles. The first-order valence-corrected chi connectivity index (χ1v) is 6.66. The van der Waals surface area contributed by atoms with E-state index in [1.807, 2.05) is 12.0 Å². The van der Waals surface area contributed by atoms with Gasteiger partial charge in [0.1, 0.15) is 0 Å². The number of amides is 1. The summed E-state index contributed by atoms with van der Waals surface area (Å²) in [6.07, 6.45) is 6.07. The summed E-state index contributed by atoms with van der Waals surface area (Å²) in [5.41, 5.74) is 1.64. The van der Waals surface area contributed by atoms with Gasteiger partial charge in [-0.3, -0.25) is 19.6 Å². The molecule has 104 valence electrons. The third kappa shape index (κ3) is 4.92. The molecule has 0 radical (unpaired) electrons. The van der Waals surface area contributed by atoms with Crippen LogP contribution in [0.25, 0.3) is 0 Å². The van der Waals surface area contributed by atoms with Gasteiger partial charge in [-0.2, -0.15) is 5.06 Å². The molecule has 1 aliphatic rings. The third-order valence-corrected chi connectivity index (χ3v) is 2.97. The normalized spacial score (nSPS) is 16.3. The summed E-state index contributed by atoms with van der Waals surface area (Å²) in [5.74, 6) is 0.0107. The zero-order valence-electron chi connectivity index (χ0n) is 11.3. The van der Waals surface area contributed by atoms with Gasteiger partial charge in [0.05, 0.1) is 30.7 Å². The van der Waals surface area contributed by atoms with Crippen molar-refractivity contribution in [2.45, 2.75) is 32.7 Å². The summed E-state index contributed by atoms with van der Waals surface area (Å²) in [7, 11) is 0. The smallest absolute Gasteiger partial charge is 0.221 e. The van der Waals surface area contributed by atoms with Gasteiger partial charge in [0.2, 0.25) is 5.91 Å². The van der Waals surface area contributed by atoms with Gasteiger partial charge >= 0.3 is 0 Å². The van der Waals surface area contributed by atoms with Gasteiger partial charge in [-0.1, -0.05) is 0 Å². The molecule has 0 aliphatic carbocycles. The molecule has 0 aromatic carbocycles. The molecule has 2 heterocycles. The number of hydrogen-bond acceptors (Lipinski definition) is 5. The molecule has 1 aromatic heterocycles. The SMILES string of the molecule is Cc1cnc(CNC(=O)CCN2CCCCO2)cn1. The second-order valence-electron chi connectivity index (χ2n) is 4.65. The number of nitrogens with one attached hydrogen (secondary N) is 1. The number of carbonyl (C=O) groups excluding carboxylic acids is 1. The zero-order chi connectivity index (χ0) is 13.5. The summed E-state index contributed by atoms with van der Waals surface area (Å²) in [5, 5.41) is 4.70. The predicted octanol–water partition coefficient (Wildman–Crippen LogP) is 0.819. The Bertz CT molecular complexity index is 402. The molecule has 19 heavy (non-hydrogen) atoms. The first kappa shape index (κ1) is 13.9. The van der Waals surface area contributed by atoms with Crippen molar-refractivity contribution in [3.8, 4) is 0 Å². The number of hydrogen-bond donors (Lipinski definition) is 1. The Morgan fingerprint density at radius 1 is 1.42 bits per heavy atom. The van der Waals surface area contributed by atoms with Crippen LogP contribution in [0.5, 0.6) is 0 Å². The van der Waals surface area contributed by atoms with Gasteiger partial charge in [-0.25, -0.2) is 0 Å². The topological polar surface area (TPSA) is 67.4 Å². The molecule has 2 rings (SSSR count). The molecule has 1 aromatic rings. The number of hydroxylamine groups is 2. The fraction of sp³-hybridized carbons (Fsp3) is 0.615. The highest BCUT2D eigenvalue weighted by atomic mass is 16.7. The van der Waals surface area contributed by atoms with E-state index in [4.69, 9.17) is 4.84 Å². The van der Waals surface area contributed by atoms with E-state index >= 15 is 0 Å². The van der Waals surface area contributed by atoms with Gasteiger partial charge in [0, 0.05) is 25.7 Å². The van der Waals surface area contributed by atoms with Gasteiger partial charge in [0.25, 0.3) is 0 Å². The van der Waals surface area contributed by atoms with Gasteiger partial charge in [0.15, 0.2) is 0 Å². The zero-order valence-corrected chi connectivity index (χ0v) is 11.3. The van der Waals surface area contributed by atoms with E-state index < -0.39 is 0 Å². The van der Waals surface area contributed by atoms with Gasteiger partial charge in [-0.15, -0.1) is 0 Å². The lowest BCUT2D eigenvalue weighted by atomic mass is 10.3. The van der Waals surface area contributed by atoms with Crippen LogP contribution in [0, 0.1) is 6.92 Å². The van der Waals surface area contributed by atoms with E-state index in [0.29, 0.717) is 19.5 Å². The van der Waals surface area contributed by atoms with Gasteiger partial charge in [-0.05, 0) is 19.8 Å². The minimum absolute atomic E-state index is 0.0107. The summed E-state index contributed by atoms with van der Waals surface area (Å²) < 4.78 is 0. The Balaban J connectivity index is 1.65. The second kappa shape index (κ2) is 7.16. The number of carbonyl (C=O) groups is 1. The van der Waals surface area contributed by atoms with E-state index in [1.165, 1.54) is 0 Å². The van der Waals surface area contributed by atoms with Crippen molar-refractivity contribution in [3.05, 3.63) is 23.8 Å². The van der Waals surface area contributed by atoms with E-state index in [-0.39, 0.29) is 5.91 Å². The maximum absolute atomic E-state index is 11.7. The van der Waals surface area contributed by atoms with Gasteiger partial charge < -0.3 is 5.32 Å². The molecule has 1 saturated heterocycles. The van der Waals surface area contributed by atoms with Crippen LogP contribution < -0.4 is 5.32 Å². The molecule has 0 bridgehead atoms. The average molecular weight is 264 g/mol. The van der Waals surface area contributed by atoms with Crippen molar-refractivity contribution in [2.24, 2.45) is 0 Å². The molecule has 1 amide bonds. The minimum atomic E-state index is 0.0107. The van der Waals surface area contributed by atoms with Crippen LogP contribution in [-0.4, -0.2) is 40.6 Å². The second-order valence-corrected chi connectivity index (χ2v) is 4.65. The van der Waals surface area contributed by atoms with Crippen LogP contribution in [0.3, 0.4) is 0 Å². The van der Waals surface area contributed by atoms with Crippen LogP contribution in [-0.2, 0) is 16.2 Å².